The molecule has 0 amide bonds. The van der Waals surface area contributed by atoms with E-state index in [0.29, 0.717) is 15.2 Å². The molecule has 7 heteroatoms. The average Bonchev–Trinajstić information content (AvgIpc) is 2.47. The van der Waals surface area contributed by atoms with Gasteiger partial charge in [0, 0.05) is 12.5 Å². The minimum atomic E-state index is -3.52. The van der Waals surface area contributed by atoms with E-state index in [2.05, 4.69) is 26.6 Å². The van der Waals surface area contributed by atoms with Gasteiger partial charge in [-0.25, -0.2) is 13.1 Å². The molecule has 0 aromatic carbocycles. The third-order valence-electron chi connectivity index (χ3n) is 1.67. The lowest BCUT2D eigenvalue weighted by atomic mass is 10.3. The number of nitrogens with one attached hydrogen (secondary N) is 1. The summed E-state index contributed by atoms with van der Waals surface area (Å²) >= 11 is 10.0. The van der Waals surface area contributed by atoms with Gasteiger partial charge in [0.05, 0.1) is 8.81 Å². The molecule has 0 saturated heterocycles. The van der Waals surface area contributed by atoms with Gasteiger partial charge in [-0.15, -0.1) is 23.7 Å². The van der Waals surface area contributed by atoms with Crippen LogP contribution in [0, 0.1) is 12.3 Å². The first-order valence-electron chi connectivity index (χ1n) is 4.27. The predicted molar refractivity (Wildman–Crippen MR) is 70.3 cm³/mol. The smallest absolute Gasteiger partial charge is 0.207 e. The topological polar surface area (TPSA) is 46.2 Å². The Bertz CT molecular complexity index is 499. The third kappa shape index (κ3) is 3.47. The van der Waals surface area contributed by atoms with E-state index in [0.717, 1.165) is 11.3 Å². The van der Waals surface area contributed by atoms with Crippen molar-refractivity contribution < 1.29 is 8.42 Å². The summed E-state index contributed by atoms with van der Waals surface area (Å²) in [5, 5.41) is 0.384. The highest BCUT2D eigenvalue weighted by atomic mass is 79.9. The van der Waals surface area contributed by atoms with Crippen LogP contribution in [-0.4, -0.2) is 14.5 Å². The maximum absolute atomic E-state index is 11.8. The van der Waals surface area contributed by atoms with Gasteiger partial charge in [0.2, 0.25) is 10.0 Å². The van der Waals surface area contributed by atoms with Crippen molar-refractivity contribution in [2.24, 2.45) is 0 Å². The van der Waals surface area contributed by atoms with Gasteiger partial charge in [-0.1, -0.05) is 11.6 Å². The normalized spacial score (nSPS) is 13.4. The van der Waals surface area contributed by atoms with Crippen molar-refractivity contribution in [3.63, 3.8) is 0 Å². The molecule has 0 radical (unpaired) electrons. The van der Waals surface area contributed by atoms with Crippen LogP contribution in [-0.2, 0) is 10.0 Å². The van der Waals surface area contributed by atoms with Gasteiger partial charge in [0.15, 0.2) is 0 Å². The van der Waals surface area contributed by atoms with Gasteiger partial charge in [0.25, 0.3) is 0 Å². The number of halogens is 2. The van der Waals surface area contributed by atoms with Gasteiger partial charge in [0.1, 0.15) is 4.21 Å². The molecule has 0 aliphatic carbocycles. The molecule has 1 heterocycles. The van der Waals surface area contributed by atoms with Crippen LogP contribution < -0.4 is 4.72 Å². The second kappa shape index (κ2) is 5.52. The number of rotatable bonds is 4. The quantitative estimate of drug-likeness (QED) is 0.855. The van der Waals surface area contributed by atoms with E-state index in [9.17, 15) is 8.42 Å². The maximum atomic E-state index is 11.8. The molecule has 1 rings (SSSR count). The minimum absolute atomic E-state index is 0.174. The lowest BCUT2D eigenvalue weighted by Gasteiger charge is -2.09. The zero-order chi connectivity index (χ0) is 12.3. The van der Waals surface area contributed by atoms with Gasteiger partial charge in [-0.3, -0.25) is 0 Å². The lowest BCUT2D eigenvalue weighted by molar-refractivity contribution is 0.565. The molecule has 0 spiro atoms. The van der Waals surface area contributed by atoms with Crippen molar-refractivity contribution in [2.45, 2.75) is 23.6 Å². The van der Waals surface area contributed by atoms with E-state index in [1.807, 2.05) is 0 Å². The third-order valence-corrected chi connectivity index (χ3v) is 6.21. The number of hydrogen-bond acceptors (Lipinski definition) is 3. The van der Waals surface area contributed by atoms with Crippen molar-refractivity contribution in [3.8, 4) is 12.3 Å². The zero-order valence-corrected chi connectivity index (χ0v) is 12.3. The van der Waals surface area contributed by atoms with Crippen LogP contribution in [0.25, 0.3) is 0 Å². The SMILES string of the molecule is C#CCC(C)NS(=O)(=O)c1cc(Cl)c(Br)s1. The van der Waals surface area contributed by atoms with Crippen LogP contribution in [0.5, 0.6) is 0 Å². The molecule has 16 heavy (non-hydrogen) atoms. The molecule has 0 saturated carbocycles. The zero-order valence-electron chi connectivity index (χ0n) is 8.33. The summed E-state index contributed by atoms with van der Waals surface area (Å²) in [7, 11) is -3.52. The molecule has 88 valence electrons. The summed E-state index contributed by atoms with van der Waals surface area (Å²) in [6.07, 6.45) is 5.45. The number of sulfonamides is 1. The van der Waals surface area contributed by atoms with Crippen LogP contribution >= 0.6 is 38.9 Å². The summed E-state index contributed by atoms with van der Waals surface area (Å²) in [6, 6.07) is 1.11. The highest BCUT2D eigenvalue weighted by Gasteiger charge is 2.20. The van der Waals surface area contributed by atoms with E-state index in [-0.39, 0.29) is 10.3 Å². The first-order valence-corrected chi connectivity index (χ1v) is 7.74. The standard InChI is InChI=1S/C9H9BrClNO2S2/c1-3-4-6(2)12-16(13,14)8-5-7(11)9(10)15-8/h1,5-6,12H,4H2,2H3. The summed E-state index contributed by atoms with van der Waals surface area (Å²) in [4.78, 5) is 0. The Labute approximate surface area is 112 Å². The maximum Gasteiger partial charge on any atom is 0.250 e. The summed E-state index contributed by atoms with van der Waals surface area (Å²) in [5.74, 6) is 2.40. The minimum Gasteiger partial charge on any atom is -0.207 e. The first kappa shape index (κ1) is 14.0. The molecule has 3 nitrogen and oxygen atoms in total. The Balaban J connectivity index is 2.91. The second-order valence-electron chi connectivity index (χ2n) is 3.12. The van der Waals surface area contributed by atoms with E-state index >= 15 is 0 Å². The molecule has 1 N–H and O–H groups in total. The summed E-state index contributed by atoms with van der Waals surface area (Å²) in [5.41, 5.74) is 0. The highest BCUT2D eigenvalue weighted by Crippen LogP contribution is 2.34. The Kier molecular flexibility index (Phi) is 4.83. The van der Waals surface area contributed by atoms with Crippen molar-refractivity contribution >= 4 is 48.9 Å². The van der Waals surface area contributed by atoms with Crippen molar-refractivity contribution in [2.75, 3.05) is 0 Å². The molecule has 0 aliphatic rings. The van der Waals surface area contributed by atoms with Gasteiger partial charge < -0.3 is 0 Å². The Morgan fingerprint density at radius 2 is 2.38 bits per heavy atom. The second-order valence-corrected chi connectivity index (χ2v) is 7.84. The fourth-order valence-corrected chi connectivity index (χ4v) is 4.66. The fourth-order valence-electron chi connectivity index (χ4n) is 1.00. The average molecular weight is 343 g/mol. The summed E-state index contributed by atoms with van der Waals surface area (Å²) in [6.45, 7) is 1.71. The fraction of sp³-hybridized carbons (Fsp3) is 0.333. The number of hydrogen-bond donors (Lipinski definition) is 1. The van der Waals surface area contributed by atoms with Gasteiger partial charge >= 0.3 is 0 Å². The molecule has 0 aliphatic heterocycles. The van der Waals surface area contributed by atoms with Gasteiger partial charge in [-0.05, 0) is 28.9 Å². The van der Waals surface area contributed by atoms with Crippen LogP contribution in [0.3, 0.4) is 0 Å². The van der Waals surface area contributed by atoms with Crippen LogP contribution in [0.1, 0.15) is 13.3 Å². The van der Waals surface area contributed by atoms with E-state index < -0.39 is 10.0 Å². The Morgan fingerprint density at radius 1 is 1.75 bits per heavy atom. The monoisotopic (exact) mass is 341 g/mol. The number of thiophene rings is 1. The van der Waals surface area contributed by atoms with Crippen LogP contribution in [0.15, 0.2) is 14.1 Å². The molecule has 1 aromatic rings. The predicted octanol–water partition coefficient (Wildman–Crippen LogP) is 2.85. The largest absolute Gasteiger partial charge is 0.250 e. The Morgan fingerprint density at radius 3 is 2.81 bits per heavy atom. The summed E-state index contributed by atoms with van der Waals surface area (Å²) < 4.78 is 26.9. The molecule has 0 bridgehead atoms. The molecule has 1 atom stereocenters. The molecule has 1 aromatic heterocycles. The van der Waals surface area contributed by atoms with Crippen LogP contribution in [0.2, 0.25) is 5.02 Å². The Hall–Kier alpha value is -0.0600. The van der Waals surface area contributed by atoms with E-state index in [1.54, 1.807) is 6.92 Å². The van der Waals surface area contributed by atoms with E-state index in [4.69, 9.17) is 18.0 Å². The molecular weight excluding hydrogens is 334 g/mol. The first-order chi connectivity index (χ1) is 7.36. The molecular formula is C9H9BrClNO2S2. The lowest BCUT2D eigenvalue weighted by Crippen LogP contribution is -2.31. The van der Waals surface area contributed by atoms with Gasteiger partial charge in [-0.2, -0.15) is 0 Å². The van der Waals surface area contributed by atoms with Crippen LogP contribution in [0.4, 0.5) is 0 Å². The molecule has 1 unspecified atom stereocenters. The van der Waals surface area contributed by atoms with Crippen molar-refractivity contribution in [3.05, 3.63) is 14.9 Å². The number of terminal acetylenes is 1. The highest BCUT2D eigenvalue weighted by molar-refractivity contribution is 9.11. The molecule has 0 fully saturated rings. The van der Waals surface area contributed by atoms with Crippen molar-refractivity contribution in [1.29, 1.82) is 0 Å². The van der Waals surface area contributed by atoms with E-state index in [1.165, 1.54) is 6.07 Å². The van der Waals surface area contributed by atoms with Crippen molar-refractivity contribution in [1.82, 2.24) is 4.72 Å².